The fraction of sp³-hybridized carbons (Fsp3) is 0.455. The smallest absolute Gasteiger partial charge is 0.345 e. The lowest BCUT2D eigenvalue weighted by atomic mass is 10.2. The van der Waals surface area contributed by atoms with Gasteiger partial charge in [0.1, 0.15) is 5.82 Å². The number of halogens is 4. The van der Waals surface area contributed by atoms with Crippen LogP contribution in [0, 0.1) is 0 Å². The minimum absolute atomic E-state index is 0.0280. The number of Topliss-reactive ketones (excluding diaryl/α,β-unsaturated/α-hetero) is 1. The molecule has 1 saturated heterocycles. The van der Waals surface area contributed by atoms with Crippen LogP contribution in [0.25, 0.3) is 0 Å². The minimum Gasteiger partial charge on any atom is -0.345 e. The summed E-state index contributed by atoms with van der Waals surface area (Å²) in [5.74, 6) is 0.253. The van der Waals surface area contributed by atoms with E-state index >= 15 is 0 Å². The number of alkyl halides is 3. The zero-order valence-electron chi connectivity index (χ0n) is 9.46. The summed E-state index contributed by atoms with van der Waals surface area (Å²) >= 11 is 5.81. The van der Waals surface area contributed by atoms with E-state index in [-0.39, 0.29) is 29.2 Å². The third-order valence-electron chi connectivity index (χ3n) is 2.82. The number of carbonyl (C=O) groups excluding carboxylic acids is 1. The van der Waals surface area contributed by atoms with Crippen LogP contribution in [0.2, 0.25) is 5.02 Å². The van der Waals surface area contributed by atoms with E-state index in [0.717, 1.165) is 12.3 Å². The van der Waals surface area contributed by atoms with E-state index in [9.17, 15) is 18.0 Å². The number of anilines is 1. The van der Waals surface area contributed by atoms with Crippen molar-refractivity contribution >= 4 is 23.2 Å². The molecule has 1 unspecified atom stereocenters. The Hall–Kier alpha value is -1.30. The molecule has 18 heavy (non-hydrogen) atoms. The molecule has 0 aromatic carbocycles. The molecule has 98 valence electrons. The van der Waals surface area contributed by atoms with Gasteiger partial charge in [-0.05, 0) is 13.0 Å². The zero-order valence-corrected chi connectivity index (χ0v) is 10.2. The van der Waals surface area contributed by atoms with Crippen LogP contribution < -0.4 is 4.90 Å². The summed E-state index contributed by atoms with van der Waals surface area (Å²) in [4.78, 5) is 16.6. The van der Waals surface area contributed by atoms with Crippen LogP contribution >= 0.6 is 11.6 Å². The second-order valence-electron chi connectivity index (χ2n) is 4.25. The van der Waals surface area contributed by atoms with Crippen molar-refractivity contribution in [1.82, 2.24) is 4.98 Å². The molecule has 0 saturated carbocycles. The minimum atomic E-state index is -4.47. The van der Waals surface area contributed by atoms with Gasteiger partial charge in [0.2, 0.25) is 0 Å². The van der Waals surface area contributed by atoms with E-state index in [4.69, 9.17) is 11.6 Å². The molecule has 0 N–H and O–H groups in total. The third kappa shape index (κ3) is 2.43. The highest BCUT2D eigenvalue weighted by molar-refractivity contribution is 6.33. The van der Waals surface area contributed by atoms with Crippen LogP contribution in [0.1, 0.15) is 18.9 Å². The highest BCUT2D eigenvalue weighted by Crippen LogP contribution is 2.35. The molecule has 1 aliphatic heterocycles. The van der Waals surface area contributed by atoms with Gasteiger partial charge in [-0.3, -0.25) is 4.79 Å². The molecule has 1 aliphatic rings. The van der Waals surface area contributed by atoms with Gasteiger partial charge < -0.3 is 4.90 Å². The van der Waals surface area contributed by atoms with Crippen LogP contribution in [-0.4, -0.2) is 23.4 Å². The Morgan fingerprint density at radius 1 is 1.50 bits per heavy atom. The Balaban J connectivity index is 2.34. The van der Waals surface area contributed by atoms with E-state index in [1.54, 1.807) is 11.8 Å². The van der Waals surface area contributed by atoms with Gasteiger partial charge in [-0.15, -0.1) is 0 Å². The number of hydrogen-bond donors (Lipinski definition) is 0. The van der Waals surface area contributed by atoms with Gasteiger partial charge in [0.05, 0.1) is 17.1 Å². The van der Waals surface area contributed by atoms with Gasteiger partial charge in [-0.2, -0.15) is 13.2 Å². The Morgan fingerprint density at radius 3 is 2.61 bits per heavy atom. The fourth-order valence-electron chi connectivity index (χ4n) is 1.93. The number of carbonyl (C=O) groups is 1. The molecular formula is C11H10ClF3N2O. The first-order valence-corrected chi connectivity index (χ1v) is 5.68. The molecule has 1 aromatic rings. The van der Waals surface area contributed by atoms with Gasteiger partial charge >= 0.3 is 6.18 Å². The second-order valence-corrected chi connectivity index (χ2v) is 4.65. The summed E-state index contributed by atoms with van der Waals surface area (Å²) < 4.78 is 37.3. The molecule has 0 aliphatic carbocycles. The Kier molecular flexibility index (Phi) is 3.23. The van der Waals surface area contributed by atoms with Crippen molar-refractivity contribution in [2.75, 3.05) is 11.4 Å². The lowest BCUT2D eigenvalue weighted by Crippen LogP contribution is -2.28. The summed E-state index contributed by atoms with van der Waals surface area (Å²) in [5.41, 5.74) is -0.894. The Morgan fingerprint density at radius 2 is 2.17 bits per heavy atom. The van der Waals surface area contributed by atoms with E-state index in [1.165, 1.54) is 0 Å². The van der Waals surface area contributed by atoms with Crippen molar-refractivity contribution in [3.63, 3.8) is 0 Å². The van der Waals surface area contributed by atoms with Crippen molar-refractivity contribution in [1.29, 1.82) is 0 Å². The van der Waals surface area contributed by atoms with Crippen LogP contribution in [0.4, 0.5) is 19.0 Å². The monoisotopic (exact) mass is 278 g/mol. The van der Waals surface area contributed by atoms with Crippen molar-refractivity contribution in [3.8, 4) is 0 Å². The van der Waals surface area contributed by atoms with E-state index < -0.39 is 11.7 Å². The second kappa shape index (κ2) is 4.42. The van der Waals surface area contributed by atoms with Gasteiger partial charge in [0, 0.05) is 18.7 Å². The number of rotatable bonds is 1. The lowest BCUT2D eigenvalue weighted by molar-refractivity contribution is -0.137. The number of pyridine rings is 1. The van der Waals surface area contributed by atoms with E-state index in [0.29, 0.717) is 6.42 Å². The molecule has 0 amide bonds. The molecular weight excluding hydrogens is 269 g/mol. The molecule has 1 atom stereocenters. The first kappa shape index (κ1) is 13.1. The normalized spacial score (nSPS) is 20.6. The SMILES string of the molecule is CC1CC(=O)CN1c1ncc(C(F)(F)F)cc1Cl. The predicted octanol–water partition coefficient (Wildman–Crippen LogP) is 2.92. The van der Waals surface area contributed by atoms with E-state index in [2.05, 4.69) is 4.98 Å². The van der Waals surface area contributed by atoms with E-state index in [1.807, 2.05) is 0 Å². The highest BCUT2D eigenvalue weighted by Gasteiger charge is 2.34. The number of ketones is 1. The van der Waals surface area contributed by atoms with Crippen LogP contribution in [-0.2, 0) is 11.0 Å². The molecule has 1 fully saturated rings. The molecule has 0 bridgehead atoms. The summed E-state index contributed by atoms with van der Waals surface area (Å²) in [6.45, 7) is 1.94. The highest BCUT2D eigenvalue weighted by atomic mass is 35.5. The molecule has 0 spiro atoms. The topological polar surface area (TPSA) is 33.2 Å². The number of hydrogen-bond acceptors (Lipinski definition) is 3. The zero-order chi connectivity index (χ0) is 13.5. The van der Waals surface area contributed by atoms with Gasteiger partial charge in [-0.1, -0.05) is 11.6 Å². The molecule has 0 radical (unpaired) electrons. The van der Waals surface area contributed by atoms with Crippen LogP contribution in [0.3, 0.4) is 0 Å². The number of nitrogens with zero attached hydrogens (tertiary/aromatic N) is 2. The Bertz CT molecular complexity index is 490. The van der Waals surface area contributed by atoms with Crippen molar-refractivity contribution < 1.29 is 18.0 Å². The van der Waals surface area contributed by atoms with Gasteiger partial charge in [0.15, 0.2) is 5.78 Å². The quantitative estimate of drug-likeness (QED) is 0.792. The summed E-state index contributed by atoms with van der Waals surface area (Å²) in [6.07, 6.45) is -3.38. The molecule has 3 nitrogen and oxygen atoms in total. The molecule has 7 heteroatoms. The largest absolute Gasteiger partial charge is 0.417 e. The molecule has 2 rings (SSSR count). The van der Waals surface area contributed by atoms with Crippen molar-refractivity contribution in [3.05, 3.63) is 22.8 Å². The molecule has 2 heterocycles. The maximum atomic E-state index is 12.4. The van der Waals surface area contributed by atoms with Gasteiger partial charge in [0.25, 0.3) is 0 Å². The maximum absolute atomic E-state index is 12.4. The summed E-state index contributed by atoms with van der Waals surface area (Å²) in [7, 11) is 0. The standard InChI is InChI=1S/C11H10ClF3N2O/c1-6-2-8(18)5-17(6)10-9(12)3-7(4-16-10)11(13,14)15/h3-4,6H,2,5H2,1H3. The summed E-state index contributed by atoms with van der Waals surface area (Å²) in [5, 5.41) is -0.0913. The van der Waals surface area contributed by atoms with Crippen LogP contribution in [0.5, 0.6) is 0 Å². The first-order valence-electron chi connectivity index (χ1n) is 5.30. The number of aromatic nitrogens is 1. The maximum Gasteiger partial charge on any atom is 0.417 e. The average molecular weight is 279 g/mol. The lowest BCUT2D eigenvalue weighted by Gasteiger charge is -2.22. The summed E-state index contributed by atoms with van der Waals surface area (Å²) in [6, 6.07) is 0.735. The Labute approximate surface area is 107 Å². The predicted molar refractivity (Wildman–Crippen MR) is 60.7 cm³/mol. The van der Waals surface area contributed by atoms with Crippen molar-refractivity contribution in [2.45, 2.75) is 25.6 Å². The van der Waals surface area contributed by atoms with Gasteiger partial charge in [-0.25, -0.2) is 4.98 Å². The average Bonchev–Trinajstić information content (AvgIpc) is 2.56. The third-order valence-corrected chi connectivity index (χ3v) is 3.10. The van der Waals surface area contributed by atoms with Crippen LogP contribution in [0.15, 0.2) is 12.3 Å². The molecule has 1 aromatic heterocycles. The first-order chi connectivity index (χ1) is 8.29. The fourth-order valence-corrected chi connectivity index (χ4v) is 2.21. The van der Waals surface area contributed by atoms with Crippen molar-refractivity contribution in [2.24, 2.45) is 0 Å².